The Kier molecular flexibility index (Phi) is 10.4. The van der Waals surface area contributed by atoms with Gasteiger partial charge in [-0.25, -0.2) is 13.8 Å². The quantitative estimate of drug-likeness (QED) is 0.260. The third-order valence-electron chi connectivity index (χ3n) is 6.52. The number of halogens is 2. The number of fused-ring (bicyclic) bond motifs is 1. The van der Waals surface area contributed by atoms with E-state index in [9.17, 15) is 18.4 Å². The van der Waals surface area contributed by atoms with E-state index < -0.39 is 28.8 Å². The van der Waals surface area contributed by atoms with Crippen molar-refractivity contribution in [2.45, 2.75) is 41.0 Å². The van der Waals surface area contributed by atoms with Crippen molar-refractivity contribution in [3.63, 3.8) is 0 Å². The van der Waals surface area contributed by atoms with Gasteiger partial charge in [0.15, 0.2) is 5.65 Å². The monoisotopic (exact) mass is 550 g/mol. The predicted octanol–water partition coefficient (Wildman–Crippen LogP) is 5.30. The summed E-state index contributed by atoms with van der Waals surface area (Å²) in [6.45, 7) is 13.3. The number of nitrogens with zero attached hydrogens (tertiary/aromatic N) is 4. The summed E-state index contributed by atoms with van der Waals surface area (Å²) in [6.07, 6.45) is 0.804. The molecule has 0 saturated heterocycles. The molecule has 212 valence electrons. The second kappa shape index (κ2) is 13.7. The van der Waals surface area contributed by atoms with Crippen LogP contribution in [-0.2, 0) is 0 Å². The largest absolute Gasteiger partial charge is 0.366 e. The molecule has 0 aliphatic carbocycles. The number of hydrogen-bond acceptors (Lipinski definition) is 6. The van der Waals surface area contributed by atoms with E-state index in [0.717, 1.165) is 48.3 Å². The van der Waals surface area contributed by atoms with Crippen molar-refractivity contribution in [1.82, 2.24) is 19.4 Å². The molecule has 0 unspecified atom stereocenters. The van der Waals surface area contributed by atoms with E-state index in [2.05, 4.69) is 29.0 Å². The van der Waals surface area contributed by atoms with Gasteiger partial charge in [-0.05, 0) is 68.9 Å². The van der Waals surface area contributed by atoms with Crippen LogP contribution >= 0.6 is 0 Å². The van der Waals surface area contributed by atoms with Crippen molar-refractivity contribution in [1.29, 1.82) is 0 Å². The maximum Gasteiger partial charge on any atom is 0.256 e. The molecule has 3 N–H and O–H groups in total. The molecule has 0 aliphatic rings. The van der Waals surface area contributed by atoms with E-state index in [0.29, 0.717) is 23.2 Å². The first-order valence-electron chi connectivity index (χ1n) is 13.5. The lowest BCUT2D eigenvalue weighted by Gasteiger charge is -2.18. The summed E-state index contributed by atoms with van der Waals surface area (Å²) in [4.78, 5) is 36.4. The number of amides is 1. The van der Waals surface area contributed by atoms with Gasteiger partial charge in [0.25, 0.3) is 5.56 Å². The first-order chi connectivity index (χ1) is 19.2. The number of anilines is 1. The number of hydrogen-bond donors (Lipinski definition) is 2. The molecule has 8 nitrogen and oxygen atoms in total. The number of aryl methyl sites for hydroxylation is 1. The summed E-state index contributed by atoms with van der Waals surface area (Å²) >= 11 is 0. The highest BCUT2D eigenvalue weighted by molar-refractivity contribution is 5.97. The summed E-state index contributed by atoms with van der Waals surface area (Å²) in [7, 11) is 0. The Morgan fingerprint density at radius 3 is 2.33 bits per heavy atom. The zero-order valence-electron chi connectivity index (χ0n) is 23.6. The number of para-hydroxylation sites is 1. The fraction of sp³-hybridized carbons (Fsp3) is 0.333. The fourth-order valence-electron chi connectivity index (χ4n) is 4.39. The number of nitrogens with one attached hydrogen (secondary N) is 1. The second-order valence-electron chi connectivity index (χ2n) is 8.91. The fourth-order valence-corrected chi connectivity index (χ4v) is 4.39. The van der Waals surface area contributed by atoms with Gasteiger partial charge >= 0.3 is 0 Å². The normalized spacial score (nSPS) is 10.9. The Morgan fingerprint density at radius 2 is 1.70 bits per heavy atom. The van der Waals surface area contributed by atoms with E-state index in [1.54, 1.807) is 18.2 Å². The molecule has 2 heterocycles. The molecule has 0 radical (unpaired) electrons. The van der Waals surface area contributed by atoms with Crippen LogP contribution in [0.15, 0.2) is 53.3 Å². The van der Waals surface area contributed by atoms with Crippen LogP contribution in [-0.4, -0.2) is 51.5 Å². The third-order valence-corrected chi connectivity index (χ3v) is 6.52. The van der Waals surface area contributed by atoms with Crippen LogP contribution < -0.4 is 16.6 Å². The maximum absolute atomic E-state index is 14.9. The third kappa shape index (κ3) is 6.51. The van der Waals surface area contributed by atoms with Crippen molar-refractivity contribution in [2.75, 3.05) is 31.5 Å². The van der Waals surface area contributed by atoms with Gasteiger partial charge in [0.05, 0.1) is 5.69 Å². The van der Waals surface area contributed by atoms with E-state index in [4.69, 9.17) is 10.7 Å². The average Bonchev–Trinajstić information content (AvgIpc) is 2.95. The van der Waals surface area contributed by atoms with Crippen LogP contribution in [0.2, 0.25) is 0 Å². The van der Waals surface area contributed by atoms with Crippen LogP contribution in [0.25, 0.3) is 28.0 Å². The van der Waals surface area contributed by atoms with E-state index in [-0.39, 0.29) is 17.2 Å². The Hall–Kier alpha value is -4.18. The van der Waals surface area contributed by atoms with Crippen LogP contribution in [0.5, 0.6) is 0 Å². The summed E-state index contributed by atoms with van der Waals surface area (Å²) in [6, 6.07) is 11.1. The molecule has 1 amide bonds. The number of aromatic nitrogens is 3. The maximum atomic E-state index is 14.9. The lowest BCUT2D eigenvalue weighted by molar-refractivity contribution is 0.100. The van der Waals surface area contributed by atoms with E-state index in [1.165, 1.54) is 18.2 Å². The van der Waals surface area contributed by atoms with E-state index >= 15 is 0 Å². The Morgan fingerprint density at radius 1 is 1.02 bits per heavy atom. The Bertz CT molecular complexity index is 1530. The van der Waals surface area contributed by atoms with Gasteiger partial charge in [-0.1, -0.05) is 39.8 Å². The second-order valence-corrected chi connectivity index (χ2v) is 8.91. The standard InChI is InChI=1S/C28H30F2N6O2.C2H6/c1-4-35(5-2)15-7-14-32-28-33-24(20-16-18(26(31)38)11-10-17(20)3)19-12-13-23(37)36(27(19)34-28)25-21(29)8-6-9-22(25)30;1-2/h6,8-13,16H,4-5,7,14-15H2,1-3H3,(H2,31,38)(H,32,33,34);1-2H3. The molecule has 0 saturated carbocycles. The summed E-state index contributed by atoms with van der Waals surface area (Å²) in [5.41, 5.74) is 6.42. The molecule has 4 rings (SSSR count). The molecule has 0 fully saturated rings. The zero-order chi connectivity index (χ0) is 29.4. The van der Waals surface area contributed by atoms with E-state index in [1.807, 2.05) is 20.8 Å². The van der Waals surface area contributed by atoms with Crippen LogP contribution in [0.4, 0.5) is 14.7 Å². The van der Waals surface area contributed by atoms with Crippen LogP contribution in [0.3, 0.4) is 0 Å². The van der Waals surface area contributed by atoms with Gasteiger partial charge in [-0.3, -0.25) is 14.2 Å². The molecule has 0 aliphatic heterocycles. The minimum absolute atomic E-state index is 0.0293. The number of rotatable bonds is 10. The minimum Gasteiger partial charge on any atom is -0.366 e. The topological polar surface area (TPSA) is 106 Å². The van der Waals surface area contributed by atoms with Gasteiger partial charge in [0, 0.05) is 29.1 Å². The van der Waals surface area contributed by atoms with Gasteiger partial charge in [0.2, 0.25) is 11.9 Å². The van der Waals surface area contributed by atoms with Crippen molar-refractivity contribution in [3.8, 4) is 16.9 Å². The van der Waals surface area contributed by atoms with Gasteiger partial charge in [0.1, 0.15) is 17.3 Å². The molecular formula is C30H36F2N6O2. The Labute approximate surface area is 232 Å². The van der Waals surface area contributed by atoms with Crippen molar-refractivity contribution in [3.05, 3.63) is 81.6 Å². The molecule has 4 aromatic rings. The van der Waals surface area contributed by atoms with Crippen molar-refractivity contribution < 1.29 is 13.6 Å². The summed E-state index contributed by atoms with van der Waals surface area (Å²) in [5.74, 6) is -2.22. The molecule has 2 aromatic heterocycles. The van der Waals surface area contributed by atoms with Gasteiger partial charge in [-0.15, -0.1) is 0 Å². The predicted molar refractivity (Wildman–Crippen MR) is 156 cm³/mol. The average molecular weight is 551 g/mol. The zero-order valence-corrected chi connectivity index (χ0v) is 23.6. The summed E-state index contributed by atoms with van der Waals surface area (Å²) in [5, 5.41) is 3.57. The van der Waals surface area contributed by atoms with Gasteiger partial charge < -0.3 is 16.0 Å². The highest BCUT2D eigenvalue weighted by atomic mass is 19.1. The number of pyridine rings is 1. The number of benzene rings is 2. The van der Waals surface area contributed by atoms with Crippen molar-refractivity contribution in [2.24, 2.45) is 5.73 Å². The number of primary amides is 1. The molecule has 40 heavy (non-hydrogen) atoms. The Balaban J connectivity index is 0.00000216. The highest BCUT2D eigenvalue weighted by Crippen LogP contribution is 2.31. The molecule has 10 heteroatoms. The number of nitrogens with two attached hydrogens (primary N) is 1. The number of carbonyl (C=O) groups excluding carboxylic acids is 1. The van der Waals surface area contributed by atoms with Gasteiger partial charge in [-0.2, -0.15) is 4.98 Å². The lowest BCUT2D eigenvalue weighted by atomic mass is 9.99. The van der Waals surface area contributed by atoms with Crippen molar-refractivity contribution >= 4 is 22.9 Å². The molecular weight excluding hydrogens is 514 g/mol. The SMILES string of the molecule is CC.CCN(CC)CCCNc1nc(-c2cc(C(N)=O)ccc2C)c2ccc(=O)n(-c3c(F)cccc3F)c2n1. The lowest BCUT2D eigenvalue weighted by Crippen LogP contribution is -2.25. The first kappa shape index (κ1) is 30.4. The molecule has 2 aromatic carbocycles. The molecule has 0 spiro atoms. The smallest absolute Gasteiger partial charge is 0.256 e. The highest BCUT2D eigenvalue weighted by Gasteiger charge is 2.20. The first-order valence-corrected chi connectivity index (χ1v) is 13.5. The molecule has 0 bridgehead atoms. The minimum atomic E-state index is -0.902. The summed E-state index contributed by atoms with van der Waals surface area (Å²) < 4.78 is 30.6. The molecule has 0 atom stereocenters. The van der Waals surface area contributed by atoms with Crippen LogP contribution in [0.1, 0.15) is 50.0 Å². The van der Waals surface area contributed by atoms with Crippen LogP contribution in [0, 0.1) is 18.6 Å². The number of carbonyl (C=O) groups is 1.